The molecule has 7 aromatic heterocycles. The summed E-state index contributed by atoms with van der Waals surface area (Å²) in [6.07, 6.45) is 12.2. The summed E-state index contributed by atoms with van der Waals surface area (Å²) in [6, 6.07) is 60.6. The molecule has 4 unspecified atom stereocenters. The monoisotopic (exact) mass is 2020 g/mol. The number of hydrogen-bond donors (Lipinski definition) is 5. The summed E-state index contributed by atoms with van der Waals surface area (Å²) in [5.74, 6) is -4.49. The fourth-order valence-electron chi connectivity index (χ4n) is 19.9. The van der Waals surface area contributed by atoms with Crippen LogP contribution in [0.25, 0.3) is 44.9 Å². The van der Waals surface area contributed by atoms with Crippen molar-refractivity contribution in [2.75, 3.05) is 59.5 Å². The molecule has 149 heavy (non-hydrogen) atoms. The molecule has 11 heterocycles. The maximum atomic E-state index is 15.9. The van der Waals surface area contributed by atoms with E-state index < -0.39 is 76.0 Å². The van der Waals surface area contributed by atoms with Crippen LogP contribution in [0.4, 0.5) is 22.0 Å². The number of alkyl halides is 2. The van der Waals surface area contributed by atoms with E-state index in [9.17, 15) is 77.7 Å². The van der Waals surface area contributed by atoms with E-state index in [0.29, 0.717) is 123 Å². The van der Waals surface area contributed by atoms with Crippen LogP contribution >= 0.6 is 0 Å². The van der Waals surface area contributed by atoms with Gasteiger partial charge in [0, 0.05) is 172 Å². The highest BCUT2D eigenvalue weighted by atomic mass is 19.1. The molecule has 7 aliphatic rings. The Bertz CT molecular complexity index is 6900. The van der Waals surface area contributed by atoms with Gasteiger partial charge in [0.1, 0.15) is 52.3 Å². The number of phenolic OH excluding ortho intramolecular Hbond substituents is 1. The Labute approximate surface area is 857 Å². The van der Waals surface area contributed by atoms with Crippen LogP contribution in [0.3, 0.4) is 0 Å². The minimum absolute atomic E-state index is 0.0207. The highest BCUT2D eigenvalue weighted by Crippen LogP contribution is 2.44. The van der Waals surface area contributed by atoms with Crippen LogP contribution in [0.15, 0.2) is 201 Å². The molecule has 33 nitrogen and oxygen atoms in total. The third kappa shape index (κ3) is 25.0. The molecule has 4 atom stereocenters. The lowest BCUT2D eigenvalue weighted by Crippen LogP contribution is -2.54. The predicted octanol–water partition coefficient (Wildman–Crippen LogP) is 13.7. The number of aromatic hydroxyl groups is 1. The maximum absolute atomic E-state index is 15.9. The fourth-order valence-corrected chi connectivity index (χ4v) is 19.9. The van der Waals surface area contributed by atoms with Crippen molar-refractivity contribution >= 4 is 46.9 Å². The van der Waals surface area contributed by atoms with Crippen molar-refractivity contribution in [2.24, 2.45) is 40.7 Å². The normalized spacial score (nSPS) is 19.0. The quantitative estimate of drug-likeness (QED) is 0.0140. The molecule has 7 fully saturated rings. The van der Waals surface area contributed by atoms with Gasteiger partial charge in [0.25, 0.3) is 23.6 Å². The number of halogens is 5. The van der Waals surface area contributed by atoms with Crippen molar-refractivity contribution in [3.63, 3.8) is 0 Å². The number of benzene rings is 5. The summed E-state index contributed by atoms with van der Waals surface area (Å²) in [5.41, 5.74) is 28.0. The highest BCUT2D eigenvalue weighted by Gasteiger charge is 2.50. The van der Waals surface area contributed by atoms with Crippen LogP contribution in [0.5, 0.6) is 5.75 Å². The van der Waals surface area contributed by atoms with Gasteiger partial charge >= 0.3 is 5.97 Å². The summed E-state index contributed by atoms with van der Waals surface area (Å²) in [4.78, 5) is 118. The number of aromatic nitrogens is 11. The minimum Gasteiger partial charge on any atom is -0.508 e. The molecular formula is C111H114F5N23O10. The smallest absolute Gasteiger partial charge is 0.311 e. The SMILES string of the molecule is COC(=O)Cc1nn(C2(CC#N)CCN(Cc3ccc(-c4ccccc4)nc3F)CC2F)cc1C(N)=O.N#CCC1(n2cc(C(N)=O)c(CC(=O)C3CC3)n2)CCN(Cc2ccc(-c3ccccc3)cc2O)CC1.N#CCC1(n2cc(C(N)=O)c(CC(=O)C3CC3)n2)CCN(Cc2ccc(-c3ccccc3)nc2F)CC1F.N#CCC1(n2cc(C(N)=O)c(CC(=O)C3CC3)n2)CCN(Cc2cnc(-c3ccccc3)cc2F)CC1. The number of ketones is 3. The third-order valence-corrected chi connectivity index (χ3v) is 29.4. The van der Waals surface area contributed by atoms with Gasteiger partial charge in [-0.3, -0.25) is 81.7 Å². The van der Waals surface area contributed by atoms with Crippen LogP contribution < -0.4 is 22.9 Å². The van der Waals surface area contributed by atoms with Crippen LogP contribution in [0, 0.1) is 80.8 Å². The topological polar surface area (TPSA) is 488 Å². The number of phenols is 1. The van der Waals surface area contributed by atoms with Gasteiger partial charge in [0.05, 0.1) is 156 Å². The highest BCUT2D eigenvalue weighted by molar-refractivity contribution is 5.98. The molecule has 12 aromatic rings. The number of carbonyl (C=O) groups excluding carboxylic acids is 8. The van der Waals surface area contributed by atoms with Crippen LogP contribution in [0.1, 0.15) is 189 Å². The van der Waals surface area contributed by atoms with E-state index in [4.69, 9.17) is 22.9 Å². The molecule has 0 bridgehead atoms. The van der Waals surface area contributed by atoms with E-state index in [1.165, 1.54) is 34.9 Å². The first-order valence-electron chi connectivity index (χ1n) is 49.7. The Balaban J connectivity index is 0.000000142. The number of likely N-dealkylation sites (tertiary alicyclic amines) is 4. The predicted molar refractivity (Wildman–Crippen MR) is 537 cm³/mol. The molecule has 38 heteroatoms. The summed E-state index contributed by atoms with van der Waals surface area (Å²) in [6.45, 7) is 4.45. The standard InChI is InChI=1S/C29H31N5O3.C28H28F2N6O2.C28H29FN6O2.C26H26F2N6O3/c30-13-10-29(34-19-24(28(31)37)25(32-34)17-27(36)21-6-7-21)11-14-33(15-12-29)18-23-9-8-22(16-26(23)35)20-4-2-1-3-5-20;29-25-17-35(15-20-8-9-22(33-26(20)30)18-4-2-1-3-5-18)13-11-28(25,10-12-31)36-16-21(27(32)38)23(34-36)14-24(37)19-6-7-19;29-23-14-24(19-4-2-1-3-5-19)32-16-21(23)17-34-12-9-28(8-11-30,10-13-34)35-18-22(27(31)37)25(33-35)15-26(36)20-6-7-20;1-37-23(35)13-21-19(25(30)36)15-34(32-21)26(9-11-29)10-12-33(16-22(26)27)14-18-7-8-20(31-24(18)28)17-5-3-2-4-6-17/h1-5,8-9,16,19,21,35H,6-7,10-12,14-15,17-18H2,(H2,31,37);1-5,8-9,16,19,25H,6-7,10-11,13-15,17H2,(H2,32,38);1-5,14,16,18,20H,6-10,12-13,15,17H2,(H2,31,37);2-8,15,22H,9-10,12-14,16H2,1H3,(H2,30,36). The van der Waals surface area contributed by atoms with E-state index >= 15 is 8.78 Å². The molecule has 768 valence electrons. The molecule has 19 rings (SSSR count). The van der Waals surface area contributed by atoms with Gasteiger partial charge in [-0.25, -0.2) is 23.1 Å². The summed E-state index contributed by atoms with van der Waals surface area (Å²) in [5, 5.41) is 66.9. The Hall–Kier alpha value is -16.0. The number of nitrogens with two attached hydrogens (primary N) is 4. The second-order valence-electron chi connectivity index (χ2n) is 39.4. The summed E-state index contributed by atoms with van der Waals surface area (Å²) in [7, 11) is 1.20. The number of amides is 4. The molecule has 0 radical (unpaired) electrons. The first-order chi connectivity index (χ1) is 71.8. The van der Waals surface area contributed by atoms with Gasteiger partial charge in [-0.1, -0.05) is 146 Å². The zero-order chi connectivity index (χ0) is 105. The molecule has 4 saturated heterocycles. The van der Waals surface area contributed by atoms with Crippen LogP contribution in [0.2, 0.25) is 0 Å². The third-order valence-electron chi connectivity index (χ3n) is 29.4. The largest absolute Gasteiger partial charge is 0.508 e. The number of pyridine rings is 3. The molecular weight excluding hydrogens is 1910 g/mol. The number of primary amides is 4. The van der Waals surface area contributed by atoms with Crippen molar-refractivity contribution in [2.45, 2.75) is 189 Å². The zero-order valence-electron chi connectivity index (χ0n) is 82.4. The Morgan fingerprint density at radius 2 is 0.718 bits per heavy atom. The van der Waals surface area contributed by atoms with Crippen LogP contribution in [-0.4, -0.2) is 198 Å². The van der Waals surface area contributed by atoms with Crippen molar-refractivity contribution in [3.05, 3.63) is 286 Å². The average molecular weight is 2030 g/mol. The van der Waals surface area contributed by atoms with Gasteiger partial charge < -0.3 is 32.8 Å². The second kappa shape index (κ2) is 46.8. The van der Waals surface area contributed by atoms with E-state index in [0.717, 1.165) is 71.9 Å². The minimum atomic E-state index is -1.58. The number of methoxy groups -OCH3 is 1. The Kier molecular flexibility index (Phi) is 33.2. The zero-order valence-corrected chi connectivity index (χ0v) is 82.4. The number of ether oxygens (including phenoxy) is 1. The first kappa shape index (κ1) is 106. The number of carbonyl (C=O) groups is 8. The molecule has 3 saturated carbocycles. The number of nitrogens with zero attached hydrogens (tertiary/aromatic N) is 19. The lowest BCUT2D eigenvalue weighted by Gasteiger charge is -2.43. The average Bonchev–Trinajstić information content (AvgIpc) is 1.63. The Morgan fingerprint density at radius 1 is 0.389 bits per heavy atom. The van der Waals surface area contributed by atoms with E-state index in [-0.39, 0.29) is 171 Å². The van der Waals surface area contributed by atoms with E-state index in [2.05, 4.69) is 68.1 Å². The molecule has 4 aliphatic heterocycles. The van der Waals surface area contributed by atoms with Gasteiger partial charge in [-0.2, -0.15) is 50.2 Å². The van der Waals surface area contributed by atoms with E-state index in [1.807, 2.05) is 140 Å². The van der Waals surface area contributed by atoms with Gasteiger partial charge in [0.15, 0.2) is 0 Å². The van der Waals surface area contributed by atoms with E-state index in [1.54, 1.807) is 68.1 Å². The second-order valence-corrected chi connectivity index (χ2v) is 39.4. The molecule has 3 aliphatic carbocycles. The van der Waals surface area contributed by atoms with Gasteiger partial charge in [-0.15, -0.1) is 0 Å². The summed E-state index contributed by atoms with van der Waals surface area (Å²) < 4.78 is 86.9. The Morgan fingerprint density at radius 3 is 1.05 bits per heavy atom. The molecule has 5 aromatic carbocycles. The van der Waals surface area contributed by atoms with Gasteiger partial charge in [0.2, 0.25) is 11.9 Å². The first-order valence-corrected chi connectivity index (χ1v) is 49.7. The number of rotatable bonds is 35. The fraction of sp³-hybridized carbons (Fsp3) is 0.378. The number of esters is 1. The van der Waals surface area contributed by atoms with Crippen LogP contribution in [-0.2, 0) is 97.9 Å². The summed E-state index contributed by atoms with van der Waals surface area (Å²) >= 11 is 0. The van der Waals surface area contributed by atoms with Crippen molar-refractivity contribution in [1.29, 1.82) is 21.0 Å². The number of nitriles is 4. The molecule has 9 N–H and O–H groups in total. The van der Waals surface area contributed by atoms with Crippen molar-refractivity contribution < 1.29 is 70.2 Å². The number of hydrogen-bond acceptors (Lipinski definition) is 25. The molecule has 0 spiro atoms. The number of piperidine rings is 4. The van der Waals surface area contributed by atoms with Gasteiger partial charge in [-0.05, 0) is 106 Å². The van der Waals surface area contributed by atoms with Crippen molar-refractivity contribution in [3.8, 4) is 74.9 Å². The lowest BCUT2D eigenvalue weighted by atomic mass is 9.83. The van der Waals surface area contributed by atoms with Crippen molar-refractivity contribution in [1.82, 2.24) is 73.7 Å². The lowest BCUT2D eigenvalue weighted by molar-refractivity contribution is -0.140. The maximum Gasteiger partial charge on any atom is 0.311 e. The number of Topliss-reactive ketones (excluding diaryl/α,β-unsaturated/α-hetero) is 3. The molecule has 4 amide bonds.